The SMILES string of the molecule is O=C(CNC(=O)C1CC2CCCC(C1)C2=O)Nc1ccc(F)c(F)c1F. The van der Waals surface area contributed by atoms with Crippen LogP contribution in [0.3, 0.4) is 0 Å². The summed E-state index contributed by atoms with van der Waals surface area (Å²) in [5, 5.41) is 4.56. The number of carbonyl (C=O) groups is 3. The van der Waals surface area contributed by atoms with Crippen LogP contribution in [-0.2, 0) is 14.4 Å². The maximum absolute atomic E-state index is 13.5. The molecule has 0 saturated heterocycles. The van der Waals surface area contributed by atoms with Crippen LogP contribution in [0.5, 0.6) is 0 Å². The fraction of sp³-hybridized carbons (Fsp3) is 0.500. The Balaban J connectivity index is 1.52. The van der Waals surface area contributed by atoms with Gasteiger partial charge in [-0.2, -0.15) is 0 Å². The average Bonchev–Trinajstić information content (AvgIpc) is 2.60. The Bertz CT molecular complexity index is 737. The Morgan fingerprint density at radius 3 is 2.35 bits per heavy atom. The zero-order valence-corrected chi connectivity index (χ0v) is 14.0. The van der Waals surface area contributed by atoms with E-state index in [4.69, 9.17) is 0 Å². The third-order valence-corrected chi connectivity index (χ3v) is 5.15. The van der Waals surface area contributed by atoms with E-state index in [0.717, 1.165) is 25.3 Å². The van der Waals surface area contributed by atoms with Crippen LogP contribution in [0.4, 0.5) is 18.9 Å². The predicted octanol–water partition coefficient (Wildman–Crippen LogP) is 2.55. The van der Waals surface area contributed by atoms with Gasteiger partial charge in [0.25, 0.3) is 0 Å². The predicted molar refractivity (Wildman–Crippen MR) is 86.5 cm³/mol. The number of carbonyl (C=O) groups excluding carboxylic acids is 3. The van der Waals surface area contributed by atoms with Gasteiger partial charge in [-0.25, -0.2) is 13.2 Å². The van der Waals surface area contributed by atoms with Gasteiger partial charge < -0.3 is 10.6 Å². The second-order valence-corrected chi connectivity index (χ2v) is 6.88. The minimum absolute atomic E-state index is 0.0802. The van der Waals surface area contributed by atoms with E-state index in [2.05, 4.69) is 10.6 Å². The van der Waals surface area contributed by atoms with Gasteiger partial charge in [-0.1, -0.05) is 6.42 Å². The molecule has 2 N–H and O–H groups in total. The Morgan fingerprint density at radius 2 is 1.69 bits per heavy atom. The maximum Gasteiger partial charge on any atom is 0.243 e. The fourth-order valence-corrected chi connectivity index (χ4v) is 3.82. The van der Waals surface area contributed by atoms with Crippen LogP contribution in [0, 0.1) is 35.2 Å². The largest absolute Gasteiger partial charge is 0.347 e. The van der Waals surface area contributed by atoms with Crippen molar-refractivity contribution in [2.45, 2.75) is 32.1 Å². The number of ketones is 1. The van der Waals surface area contributed by atoms with Gasteiger partial charge in [0.05, 0.1) is 12.2 Å². The van der Waals surface area contributed by atoms with E-state index in [1.807, 2.05) is 0 Å². The third-order valence-electron chi connectivity index (χ3n) is 5.15. The molecule has 0 spiro atoms. The summed E-state index contributed by atoms with van der Waals surface area (Å²) in [6.07, 6.45) is 3.57. The summed E-state index contributed by atoms with van der Waals surface area (Å²) in [6, 6.07) is 1.60. The van der Waals surface area contributed by atoms with Crippen LogP contribution in [0.15, 0.2) is 12.1 Å². The molecule has 0 radical (unpaired) electrons. The number of anilines is 1. The second kappa shape index (κ2) is 7.47. The van der Waals surface area contributed by atoms with E-state index < -0.39 is 35.6 Å². The Hall–Kier alpha value is -2.38. The number of Topliss-reactive ketones (excluding diaryl/α,β-unsaturated/α-hetero) is 1. The first-order valence-corrected chi connectivity index (χ1v) is 8.61. The first-order valence-electron chi connectivity index (χ1n) is 8.61. The molecule has 26 heavy (non-hydrogen) atoms. The molecule has 1 aromatic rings. The molecule has 3 rings (SSSR count). The van der Waals surface area contributed by atoms with Gasteiger partial charge in [0, 0.05) is 17.8 Å². The van der Waals surface area contributed by atoms with Gasteiger partial charge in [-0.3, -0.25) is 14.4 Å². The molecule has 0 aromatic heterocycles. The molecule has 2 aliphatic rings. The molecule has 2 atom stereocenters. The molecule has 2 bridgehead atoms. The van der Waals surface area contributed by atoms with Gasteiger partial charge in [0.2, 0.25) is 11.8 Å². The van der Waals surface area contributed by atoms with Crippen molar-refractivity contribution >= 4 is 23.3 Å². The van der Waals surface area contributed by atoms with Crippen molar-refractivity contribution in [3.63, 3.8) is 0 Å². The summed E-state index contributed by atoms with van der Waals surface area (Å²) in [5.74, 6) is -5.85. The standard InChI is InChI=1S/C18H19F3N2O3/c19-12-4-5-13(16(21)15(12)20)23-14(24)8-22-18(26)11-6-9-2-1-3-10(7-11)17(9)25/h4-5,9-11H,1-3,6-8H2,(H,22,26)(H,23,24). The zero-order chi connectivity index (χ0) is 18.8. The minimum atomic E-state index is -1.68. The van der Waals surface area contributed by atoms with Crippen molar-refractivity contribution < 1.29 is 27.6 Å². The van der Waals surface area contributed by atoms with Crippen molar-refractivity contribution in [1.29, 1.82) is 0 Å². The van der Waals surface area contributed by atoms with Crippen LogP contribution < -0.4 is 10.6 Å². The second-order valence-electron chi connectivity index (χ2n) is 6.88. The van der Waals surface area contributed by atoms with Crippen molar-refractivity contribution in [1.82, 2.24) is 5.32 Å². The lowest BCUT2D eigenvalue weighted by Gasteiger charge is -2.36. The highest BCUT2D eigenvalue weighted by Crippen LogP contribution is 2.40. The molecule has 140 valence electrons. The number of benzene rings is 1. The minimum Gasteiger partial charge on any atom is -0.347 e. The van der Waals surface area contributed by atoms with Gasteiger partial charge in [0.15, 0.2) is 17.5 Å². The Labute approximate surface area is 148 Å². The number of hydrogen-bond donors (Lipinski definition) is 2. The molecule has 2 amide bonds. The number of rotatable bonds is 4. The van der Waals surface area contributed by atoms with Crippen LogP contribution in [0.25, 0.3) is 0 Å². The molecule has 2 saturated carbocycles. The van der Waals surface area contributed by atoms with Crippen LogP contribution >= 0.6 is 0 Å². The Morgan fingerprint density at radius 1 is 1.04 bits per heavy atom. The fourth-order valence-electron chi connectivity index (χ4n) is 3.82. The molecule has 0 heterocycles. The smallest absolute Gasteiger partial charge is 0.243 e. The Kier molecular flexibility index (Phi) is 5.29. The number of fused-ring (bicyclic) bond motifs is 2. The first-order chi connectivity index (χ1) is 12.4. The van der Waals surface area contributed by atoms with Crippen LogP contribution in [-0.4, -0.2) is 24.1 Å². The summed E-state index contributed by atoms with van der Waals surface area (Å²) in [4.78, 5) is 36.1. The molecule has 2 unspecified atom stereocenters. The lowest BCUT2D eigenvalue weighted by atomic mass is 9.67. The topological polar surface area (TPSA) is 75.3 Å². The highest BCUT2D eigenvalue weighted by atomic mass is 19.2. The summed E-state index contributed by atoms with van der Waals surface area (Å²) in [6.45, 7) is -0.420. The van der Waals surface area contributed by atoms with Gasteiger partial charge >= 0.3 is 0 Å². The van der Waals surface area contributed by atoms with E-state index in [1.165, 1.54) is 0 Å². The molecular formula is C18H19F3N2O3. The number of nitrogens with one attached hydrogen (secondary N) is 2. The van der Waals surface area contributed by atoms with Crippen molar-refractivity contribution in [3.05, 3.63) is 29.6 Å². The number of amides is 2. The van der Waals surface area contributed by atoms with E-state index in [1.54, 1.807) is 0 Å². The quantitative estimate of drug-likeness (QED) is 0.802. The van der Waals surface area contributed by atoms with Crippen LogP contribution in [0.2, 0.25) is 0 Å². The molecule has 0 aliphatic heterocycles. The van der Waals surface area contributed by atoms with E-state index in [0.29, 0.717) is 18.9 Å². The van der Waals surface area contributed by atoms with E-state index in [-0.39, 0.29) is 29.4 Å². The van der Waals surface area contributed by atoms with Gasteiger partial charge in [-0.05, 0) is 37.8 Å². The normalized spacial score (nSPS) is 24.9. The molecule has 2 aliphatic carbocycles. The summed E-state index contributed by atoms with van der Waals surface area (Å²) >= 11 is 0. The lowest BCUT2D eigenvalue weighted by Crippen LogP contribution is -2.44. The lowest BCUT2D eigenvalue weighted by molar-refractivity contribution is -0.138. The molecule has 8 heteroatoms. The van der Waals surface area contributed by atoms with Gasteiger partial charge in [0.1, 0.15) is 5.78 Å². The maximum atomic E-state index is 13.5. The summed E-state index contributed by atoms with van der Waals surface area (Å²) in [7, 11) is 0. The highest BCUT2D eigenvalue weighted by molar-refractivity contribution is 5.95. The molecule has 5 nitrogen and oxygen atoms in total. The monoisotopic (exact) mass is 368 g/mol. The summed E-state index contributed by atoms with van der Waals surface area (Å²) < 4.78 is 39.5. The van der Waals surface area contributed by atoms with Crippen molar-refractivity contribution in [3.8, 4) is 0 Å². The van der Waals surface area contributed by atoms with Crippen molar-refractivity contribution in [2.75, 3.05) is 11.9 Å². The zero-order valence-electron chi connectivity index (χ0n) is 14.0. The van der Waals surface area contributed by atoms with Gasteiger partial charge in [-0.15, -0.1) is 0 Å². The molecular weight excluding hydrogens is 349 g/mol. The third kappa shape index (κ3) is 3.73. The first kappa shape index (κ1) is 18.4. The average molecular weight is 368 g/mol. The van der Waals surface area contributed by atoms with Crippen molar-refractivity contribution in [2.24, 2.45) is 17.8 Å². The molecule has 1 aromatic carbocycles. The summed E-state index contributed by atoms with van der Waals surface area (Å²) in [5.41, 5.74) is -0.499. The number of hydrogen-bond acceptors (Lipinski definition) is 3. The highest BCUT2D eigenvalue weighted by Gasteiger charge is 2.41. The van der Waals surface area contributed by atoms with Crippen LogP contribution in [0.1, 0.15) is 32.1 Å². The van der Waals surface area contributed by atoms with E-state index >= 15 is 0 Å². The van der Waals surface area contributed by atoms with E-state index in [9.17, 15) is 27.6 Å². The molecule has 2 fully saturated rings. The number of halogens is 3.